The minimum absolute atomic E-state index is 0.495. The van der Waals surface area contributed by atoms with Crippen molar-refractivity contribution < 1.29 is 0 Å². The lowest BCUT2D eigenvalue weighted by Crippen LogP contribution is -2.04. The molecule has 0 bridgehead atoms. The van der Waals surface area contributed by atoms with Crippen molar-refractivity contribution in [2.75, 3.05) is 0 Å². The lowest BCUT2D eigenvalue weighted by Gasteiger charge is -2.21. The van der Waals surface area contributed by atoms with Gasteiger partial charge in [-0.1, -0.05) is 133 Å². The van der Waals surface area contributed by atoms with Gasteiger partial charge in [-0.3, -0.25) is 0 Å². The lowest BCUT2D eigenvalue weighted by atomic mass is 9.91. The Balaban J connectivity index is 1.33. The predicted octanol–water partition coefficient (Wildman–Crippen LogP) is 13.3. The van der Waals surface area contributed by atoms with Gasteiger partial charge in [0.25, 0.3) is 0 Å². The molecule has 61 heavy (non-hydrogen) atoms. The van der Waals surface area contributed by atoms with Crippen LogP contribution >= 0.6 is 0 Å². The summed E-state index contributed by atoms with van der Waals surface area (Å²) in [6.45, 7) is 4.29. The number of benzene rings is 8. The summed E-state index contributed by atoms with van der Waals surface area (Å²) in [5.74, 6) is 1.60. The van der Waals surface area contributed by atoms with Gasteiger partial charge in [0.1, 0.15) is 0 Å². The Hall–Kier alpha value is -8.45. The second-order valence-electron chi connectivity index (χ2n) is 15.2. The summed E-state index contributed by atoms with van der Waals surface area (Å²) in [4.78, 5) is 15.3. The van der Waals surface area contributed by atoms with Gasteiger partial charge in [0, 0.05) is 38.6 Å². The Morgan fingerprint density at radius 3 is 1.48 bits per heavy atom. The molecule has 10 rings (SSSR count). The van der Waals surface area contributed by atoms with Gasteiger partial charge >= 0.3 is 0 Å². The zero-order chi connectivity index (χ0) is 41.5. The first-order chi connectivity index (χ1) is 29.9. The van der Waals surface area contributed by atoms with Crippen molar-refractivity contribution in [2.45, 2.75) is 13.8 Å². The fourth-order valence-corrected chi connectivity index (χ4v) is 8.41. The zero-order valence-corrected chi connectivity index (χ0v) is 33.5. The van der Waals surface area contributed by atoms with E-state index in [1.165, 1.54) is 16.7 Å². The van der Waals surface area contributed by atoms with Gasteiger partial charge in [0.05, 0.1) is 40.0 Å². The highest BCUT2D eigenvalue weighted by Gasteiger charge is 2.24. The third-order valence-corrected chi connectivity index (χ3v) is 11.3. The third-order valence-electron chi connectivity index (χ3n) is 11.3. The molecule has 0 N–H and O–H groups in total. The average Bonchev–Trinajstić information content (AvgIpc) is 3.64. The normalized spacial score (nSPS) is 11.1. The summed E-state index contributed by atoms with van der Waals surface area (Å²) in [5.41, 5.74) is 14.8. The summed E-state index contributed by atoms with van der Waals surface area (Å²) >= 11 is 0. The molecule has 0 aliphatic rings. The summed E-state index contributed by atoms with van der Waals surface area (Å²) in [5, 5.41) is 22.6. The Kier molecular flexibility index (Phi) is 9.29. The number of hydrogen-bond acceptors (Lipinski definition) is 5. The number of rotatable bonds is 7. The smallest absolute Gasteiger partial charge is 0.164 e. The maximum Gasteiger partial charge on any atom is 0.164 e. The van der Waals surface area contributed by atoms with E-state index in [4.69, 9.17) is 15.0 Å². The standard InChI is InChI=1S/C55H36N6/c1-35-23-25-45(36(2)27-35)43-24-26-51-49(30-43)46-21-9-10-22-50(46)61(51)52-47(41-19-11-13-37(28-41)33-56)31-44(32-48(52)42-20-12-14-38(29-42)34-57)55-59-53(39-15-5-3-6-16-39)58-54(60-55)40-17-7-4-8-18-40/h3-32H,1-2H3. The number of aromatic nitrogens is 4. The Bertz CT molecular complexity index is 3270. The Morgan fingerprint density at radius 2 is 0.902 bits per heavy atom. The van der Waals surface area contributed by atoms with Crippen molar-refractivity contribution >= 4 is 21.8 Å². The van der Waals surface area contributed by atoms with Gasteiger partial charge < -0.3 is 4.57 Å². The highest BCUT2D eigenvalue weighted by molar-refractivity contribution is 6.12. The third kappa shape index (κ3) is 6.79. The van der Waals surface area contributed by atoms with Gasteiger partial charge in [-0.2, -0.15) is 10.5 Å². The van der Waals surface area contributed by atoms with Crippen LogP contribution in [0, 0.1) is 36.5 Å². The molecule has 0 aliphatic carbocycles. The largest absolute Gasteiger partial charge is 0.308 e. The van der Waals surface area contributed by atoms with Crippen molar-refractivity contribution in [3.8, 4) is 85.4 Å². The van der Waals surface area contributed by atoms with Crippen LogP contribution in [-0.2, 0) is 0 Å². The van der Waals surface area contributed by atoms with E-state index in [2.05, 4.69) is 103 Å². The van der Waals surface area contributed by atoms with Crippen molar-refractivity contribution in [1.82, 2.24) is 19.5 Å². The Morgan fingerprint density at radius 1 is 0.393 bits per heavy atom. The molecule has 6 heteroatoms. The van der Waals surface area contributed by atoms with Crippen LogP contribution in [0.4, 0.5) is 0 Å². The molecule has 0 spiro atoms. The molecule has 0 atom stereocenters. The quantitative estimate of drug-likeness (QED) is 0.161. The van der Waals surface area contributed by atoms with E-state index in [-0.39, 0.29) is 0 Å². The molecule has 8 aromatic carbocycles. The number of hydrogen-bond donors (Lipinski definition) is 0. The van der Waals surface area contributed by atoms with E-state index in [1.807, 2.05) is 109 Å². The van der Waals surface area contributed by atoms with Gasteiger partial charge in [-0.05, 0) is 96.3 Å². The van der Waals surface area contributed by atoms with E-state index in [1.54, 1.807) is 0 Å². The predicted molar refractivity (Wildman–Crippen MR) is 246 cm³/mol. The van der Waals surface area contributed by atoms with Crippen LogP contribution in [0.1, 0.15) is 22.3 Å². The highest BCUT2D eigenvalue weighted by Crippen LogP contribution is 2.45. The van der Waals surface area contributed by atoms with Gasteiger partial charge in [-0.15, -0.1) is 0 Å². The molecule has 0 saturated carbocycles. The molecule has 0 radical (unpaired) electrons. The molecule has 0 amide bonds. The molecular weight excluding hydrogens is 745 g/mol. The molecule has 10 aromatic rings. The van der Waals surface area contributed by atoms with Gasteiger partial charge in [0.15, 0.2) is 17.5 Å². The summed E-state index contributed by atoms with van der Waals surface area (Å²) in [6.07, 6.45) is 0. The fourth-order valence-electron chi connectivity index (χ4n) is 8.41. The topological polar surface area (TPSA) is 91.2 Å². The molecule has 0 saturated heterocycles. The fraction of sp³-hybridized carbons (Fsp3) is 0.0364. The summed E-state index contributed by atoms with van der Waals surface area (Å²) < 4.78 is 2.33. The van der Waals surface area contributed by atoms with Crippen LogP contribution in [0.2, 0.25) is 0 Å². The SMILES string of the molecule is Cc1ccc(-c2ccc3c(c2)c2ccccc2n3-c2c(-c3cccc(C#N)c3)cc(-c3nc(-c4ccccc4)nc(-c4ccccc4)n3)cc2-c2cccc(C#N)c2)c(C)c1. The summed E-state index contributed by atoms with van der Waals surface area (Å²) in [7, 11) is 0. The molecule has 0 unspecified atom stereocenters. The number of aryl methyl sites for hydroxylation is 2. The second kappa shape index (κ2) is 15.4. The average molecular weight is 781 g/mol. The molecule has 0 fully saturated rings. The van der Waals surface area contributed by atoms with Crippen LogP contribution in [0.3, 0.4) is 0 Å². The van der Waals surface area contributed by atoms with Crippen molar-refractivity contribution in [3.63, 3.8) is 0 Å². The molecule has 2 heterocycles. The molecule has 2 aromatic heterocycles. The van der Waals surface area contributed by atoms with Crippen LogP contribution < -0.4 is 0 Å². The maximum absolute atomic E-state index is 10.2. The number of nitrogens with zero attached hydrogens (tertiary/aromatic N) is 6. The van der Waals surface area contributed by atoms with Crippen LogP contribution in [0.25, 0.3) is 95.0 Å². The van der Waals surface area contributed by atoms with Gasteiger partial charge in [-0.25, -0.2) is 15.0 Å². The van der Waals surface area contributed by atoms with Crippen molar-refractivity contribution in [3.05, 3.63) is 204 Å². The summed E-state index contributed by atoms with van der Waals surface area (Å²) in [6, 6.07) is 66.1. The molecule has 6 nitrogen and oxygen atoms in total. The molecule has 0 aliphatic heterocycles. The molecule has 286 valence electrons. The highest BCUT2D eigenvalue weighted by atomic mass is 15.0. The van der Waals surface area contributed by atoms with E-state index < -0.39 is 0 Å². The number of para-hydroxylation sites is 1. The van der Waals surface area contributed by atoms with Crippen molar-refractivity contribution in [1.29, 1.82) is 10.5 Å². The van der Waals surface area contributed by atoms with Crippen molar-refractivity contribution in [2.24, 2.45) is 0 Å². The monoisotopic (exact) mass is 780 g/mol. The van der Waals surface area contributed by atoms with E-state index in [9.17, 15) is 10.5 Å². The first-order valence-electron chi connectivity index (χ1n) is 20.1. The minimum Gasteiger partial charge on any atom is -0.308 e. The molecular formula is C55H36N6. The van der Waals surface area contributed by atoms with Crippen LogP contribution in [-0.4, -0.2) is 19.5 Å². The number of nitriles is 2. The first-order valence-corrected chi connectivity index (χ1v) is 20.1. The number of fused-ring (bicyclic) bond motifs is 3. The Labute approximate surface area is 354 Å². The minimum atomic E-state index is 0.495. The second-order valence-corrected chi connectivity index (χ2v) is 15.2. The van der Waals surface area contributed by atoms with E-state index in [0.717, 1.165) is 72.0 Å². The zero-order valence-electron chi connectivity index (χ0n) is 33.5. The van der Waals surface area contributed by atoms with E-state index >= 15 is 0 Å². The van der Waals surface area contributed by atoms with E-state index in [0.29, 0.717) is 28.6 Å². The maximum atomic E-state index is 10.2. The van der Waals surface area contributed by atoms with Gasteiger partial charge in [0.2, 0.25) is 0 Å². The van der Waals surface area contributed by atoms with Crippen LogP contribution in [0.15, 0.2) is 182 Å². The van der Waals surface area contributed by atoms with Crippen LogP contribution in [0.5, 0.6) is 0 Å². The lowest BCUT2D eigenvalue weighted by molar-refractivity contribution is 1.07. The first kappa shape index (κ1) is 36.9.